The topological polar surface area (TPSA) is 37.3 Å². The number of carbonyl (C=O) groups is 1. The zero-order valence-corrected chi connectivity index (χ0v) is 9.37. The number of benzene rings is 2. The molecule has 0 heterocycles. The third-order valence-electron chi connectivity index (χ3n) is 2.52. The Hall–Kier alpha value is -1.54. The van der Waals surface area contributed by atoms with Gasteiger partial charge in [-0.15, -0.1) is 11.6 Å². The van der Waals surface area contributed by atoms with E-state index in [0.717, 1.165) is 5.39 Å². The van der Waals surface area contributed by atoms with Crippen molar-refractivity contribution in [3.8, 4) is 5.75 Å². The Bertz CT molecular complexity index is 534. The third kappa shape index (κ3) is 1.89. The molecule has 0 saturated carbocycles. The number of aromatic hydroxyl groups is 1. The minimum atomic E-state index is 0.00574. The Kier molecular flexibility index (Phi) is 3.11. The van der Waals surface area contributed by atoms with Gasteiger partial charge in [0.15, 0.2) is 5.78 Å². The molecule has 0 unspecified atom stereocenters. The fourth-order valence-corrected chi connectivity index (χ4v) is 1.92. The van der Waals surface area contributed by atoms with Crippen LogP contribution in [0, 0.1) is 0 Å². The second-order valence-corrected chi connectivity index (χ2v) is 3.92. The van der Waals surface area contributed by atoms with Gasteiger partial charge in [0.2, 0.25) is 0 Å². The molecule has 16 heavy (non-hydrogen) atoms. The van der Waals surface area contributed by atoms with Crippen molar-refractivity contribution in [3.05, 3.63) is 42.0 Å². The van der Waals surface area contributed by atoms with Gasteiger partial charge in [-0.2, -0.15) is 0 Å². The van der Waals surface area contributed by atoms with Crippen LogP contribution in [-0.2, 0) is 0 Å². The van der Waals surface area contributed by atoms with Crippen molar-refractivity contribution in [1.29, 1.82) is 0 Å². The highest BCUT2D eigenvalue weighted by Crippen LogP contribution is 2.28. The lowest BCUT2D eigenvalue weighted by atomic mass is 9.99. The molecule has 0 aliphatic rings. The average molecular weight is 235 g/mol. The monoisotopic (exact) mass is 234 g/mol. The molecule has 1 N–H and O–H groups in total. The van der Waals surface area contributed by atoms with E-state index < -0.39 is 0 Å². The molecule has 2 aromatic rings. The zero-order chi connectivity index (χ0) is 11.5. The van der Waals surface area contributed by atoms with Gasteiger partial charge in [0.25, 0.3) is 0 Å². The van der Waals surface area contributed by atoms with Gasteiger partial charge in [0, 0.05) is 23.3 Å². The maximum Gasteiger partial charge on any atom is 0.164 e. The molecule has 0 radical (unpaired) electrons. The van der Waals surface area contributed by atoms with Crippen LogP contribution in [0.1, 0.15) is 16.8 Å². The summed E-state index contributed by atoms with van der Waals surface area (Å²) in [6.45, 7) is 0. The first-order valence-corrected chi connectivity index (χ1v) is 5.57. The quantitative estimate of drug-likeness (QED) is 0.653. The van der Waals surface area contributed by atoms with E-state index in [1.165, 1.54) is 0 Å². The van der Waals surface area contributed by atoms with Crippen LogP contribution in [0.3, 0.4) is 0 Å². The predicted molar refractivity (Wildman–Crippen MR) is 65.3 cm³/mol. The number of hydrogen-bond donors (Lipinski definition) is 1. The molecule has 0 saturated heterocycles. The van der Waals surface area contributed by atoms with Gasteiger partial charge in [0.1, 0.15) is 5.75 Å². The van der Waals surface area contributed by atoms with E-state index in [2.05, 4.69) is 0 Å². The van der Waals surface area contributed by atoms with Crippen LogP contribution < -0.4 is 0 Å². The van der Waals surface area contributed by atoms with E-state index in [4.69, 9.17) is 11.6 Å². The van der Waals surface area contributed by atoms with Crippen LogP contribution in [-0.4, -0.2) is 16.8 Å². The first-order chi connectivity index (χ1) is 7.74. The van der Waals surface area contributed by atoms with Crippen molar-refractivity contribution in [1.82, 2.24) is 0 Å². The van der Waals surface area contributed by atoms with E-state index in [9.17, 15) is 9.90 Å². The number of ketones is 1. The van der Waals surface area contributed by atoms with Gasteiger partial charge in [-0.3, -0.25) is 4.79 Å². The highest BCUT2D eigenvalue weighted by Gasteiger charge is 2.10. The van der Waals surface area contributed by atoms with Gasteiger partial charge >= 0.3 is 0 Å². The fourth-order valence-electron chi connectivity index (χ4n) is 1.75. The van der Waals surface area contributed by atoms with Crippen LogP contribution in [0.15, 0.2) is 36.4 Å². The summed E-state index contributed by atoms with van der Waals surface area (Å²) in [5, 5.41) is 11.1. The van der Waals surface area contributed by atoms with Crippen molar-refractivity contribution >= 4 is 28.2 Å². The summed E-state index contributed by atoms with van der Waals surface area (Å²) in [5.74, 6) is 0.512. The lowest BCUT2D eigenvalue weighted by Crippen LogP contribution is -2.00. The molecule has 0 fully saturated rings. The van der Waals surface area contributed by atoms with Crippen molar-refractivity contribution < 1.29 is 9.90 Å². The number of carbonyl (C=O) groups excluding carboxylic acids is 1. The Morgan fingerprint density at radius 1 is 1.12 bits per heavy atom. The number of phenols is 1. The van der Waals surface area contributed by atoms with Crippen LogP contribution in [0.5, 0.6) is 5.75 Å². The minimum Gasteiger partial charge on any atom is -0.507 e. The maximum absolute atomic E-state index is 11.8. The molecule has 0 spiro atoms. The second-order valence-electron chi connectivity index (χ2n) is 3.54. The Balaban J connectivity index is 2.63. The first-order valence-electron chi connectivity index (χ1n) is 5.04. The molecule has 2 aromatic carbocycles. The molecule has 0 aliphatic carbocycles. The number of Topliss-reactive ketones (excluding diaryl/α,β-unsaturated/α-hetero) is 1. The van der Waals surface area contributed by atoms with Crippen LogP contribution in [0.25, 0.3) is 10.8 Å². The summed E-state index contributed by atoms with van der Waals surface area (Å²) in [7, 11) is 0. The molecular formula is C13H11ClO2. The highest BCUT2D eigenvalue weighted by atomic mass is 35.5. The molecule has 2 nitrogen and oxygen atoms in total. The van der Waals surface area contributed by atoms with Gasteiger partial charge in [-0.1, -0.05) is 24.3 Å². The molecule has 2 rings (SSSR count). The van der Waals surface area contributed by atoms with E-state index in [1.54, 1.807) is 18.2 Å². The predicted octanol–water partition coefficient (Wildman–Crippen LogP) is 3.36. The van der Waals surface area contributed by atoms with Gasteiger partial charge in [-0.25, -0.2) is 0 Å². The summed E-state index contributed by atoms with van der Waals surface area (Å²) in [5.41, 5.74) is 0.619. The molecule has 0 amide bonds. The smallest absolute Gasteiger partial charge is 0.164 e. The SMILES string of the molecule is O=C(CCCl)c1ccc(O)c2ccccc12. The van der Waals surface area contributed by atoms with Crippen LogP contribution in [0.4, 0.5) is 0 Å². The van der Waals surface area contributed by atoms with Gasteiger partial charge in [0.05, 0.1) is 0 Å². The summed E-state index contributed by atoms with van der Waals surface area (Å²) in [4.78, 5) is 11.8. The van der Waals surface area contributed by atoms with Crippen molar-refractivity contribution in [2.24, 2.45) is 0 Å². The van der Waals surface area contributed by atoms with Crippen LogP contribution in [0.2, 0.25) is 0 Å². The molecule has 82 valence electrons. The Morgan fingerprint density at radius 3 is 2.50 bits per heavy atom. The maximum atomic E-state index is 11.8. The summed E-state index contributed by atoms with van der Waals surface area (Å²) in [6, 6.07) is 10.5. The summed E-state index contributed by atoms with van der Waals surface area (Å²) >= 11 is 5.56. The number of phenolic OH excluding ortho intramolecular Hbond substituents is 1. The number of alkyl halides is 1. The van der Waals surface area contributed by atoms with Crippen molar-refractivity contribution in [3.63, 3.8) is 0 Å². The van der Waals surface area contributed by atoms with Gasteiger partial charge in [-0.05, 0) is 17.5 Å². The molecule has 0 aromatic heterocycles. The second kappa shape index (κ2) is 4.54. The van der Waals surface area contributed by atoms with Crippen LogP contribution >= 0.6 is 11.6 Å². The zero-order valence-electron chi connectivity index (χ0n) is 8.61. The van der Waals surface area contributed by atoms with E-state index in [-0.39, 0.29) is 11.5 Å². The highest BCUT2D eigenvalue weighted by molar-refractivity contribution is 6.20. The van der Waals surface area contributed by atoms with Gasteiger partial charge < -0.3 is 5.11 Å². The average Bonchev–Trinajstić information content (AvgIpc) is 2.30. The number of hydrogen-bond acceptors (Lipinski definition) is 2. The Labute approximate surface area is 98.5 Å². The van der Waals surface area contributed by atoms with Crippen molar-refractivity contribution in [2.45, 2.75) is 6.42 Å². The van der Waals surface area contributed by atoms with Crippen molar-refractivity contribution in [2.75, 3.05) is 5.88 Å². The van der Waals surface area contributed by atoms with E-state index in [0.29, 0.717) is 23.3 Å². The molecule has 0 atom stereocenters. The summed E-state index contributed by atoms with van der Waals surface area (Å²) in [6.07, 6.45) is 0.316. The third-order valence-corrected chi connectivity index (χ3v) is 2.71. The minimum absolute atomic E-state index is 0.00574. The normalized spacial score (nSPS) is 10.6. The standard InChI is InChI=1S/C13H11ClO2/c14-8-7-13(16)11-5-6-12(15)10-4-2-1-3-9(10)11/h1-6,15H,7-8H2. The number of halogens is 1. The molecular weight excluding hydrogens is 224 g/mol. The van der Waals surface area contributed by atoms with E-state index >= 15 is 0 Å². The molecule has 3 heteroatoms. The molecule has 0 aliphatic heterocycles. The lowest BCUT2D eigenvalue weighted by Gasteiger charge is -2.06. The first kappa shape index (κ1) is 11.0. The molecule has 0 bridgehead atoms. The van der Waals surface area contributed by atoms with E-state index in [1.807, 2.05) is 18.2 Å². The largest absolute Gasteiger partial charge is 0.507 e. The lowest BCUT2D eigenvalue weighted by molar-refractivity contribution is 0.0991. The number of fused-ring (bicyclic) bond motifs is 1. The summed E-state index contributed by atoms with van der Waals surface area (Å²) < 4.78 is 0. The number of rotatable bonds is 3. The fraction of sp³-hybridized carbons (Fsp3) is 0.154. The Morgan fingerprint density at radius 2 is 1.81 bits per heavy atom.